The summed E-state index contributed by atoms with van der Waals surface area (Å²) in [6.07, 6.45) is 0. The molecule has 1 heteroatoms. The Morgan fingerprint density at radius 1 is 1.07 bits per heavy atom. The molecule has 1 aromatic carbocycles. The molecule has 74 valence electrons. The Hall–Kier alpha value is -0.820. The van der Waals surface area contributed by atoms with Crippen molar-refractivity contribution in [1.82, 2.24) is 0 Å². The normalized spacial score (nSPS) is 12.3. The molecule has 0 bridgehead atoms. The molecule has 0 nitrogen and oxygen atoms in total. The summed E-state index contributed by atoms with van der Waals surface area (Å²) in [5.41, 5.74) is 1.77. The van der Waals surface area contributed by atoms with Gasteiger partial charge in [-0.25, -0.2) is 0 Å². The molecule has 0 fully saturated rings. The van der Waals surface area contributed by atoms with Crippen LogP contribution >= 0.6 is 11.3 Å². The summed E-state index contributed by atoms with van der Waals surface area (Å²) in [7, 11) is 0. The predicted octanol–water partition coefficient (Wildman–Crippen LogP) is 4.51. The molecule has 0 unspecified atom stereocenters. The minimum absolute atomic E-state index is 0.254. The second-order valence-corrected chi connectivity index (χ2v) is 6.04. The van der Waals surface area contributed by atoms with E-state index < -0.39 is 0 Å². The first kappa shape index (κ1) is 9.72. The molecule has 2 aromatic rings. The van der Waals surface area contributed by atoms with E-state index in [1.54, 1.807) is 0 Å². The topological polar surface area (TPSA) is 0 Å². The van der Waals surface area contributed by atoms with Crippen LogP contribution in [0.5, 0.6) is 0 Å². The third kappa shape index (κ3) is 1.46. The maximum absolute atomic E-state index is 2.29. The zero-order valence-electron chi connectivity index (χ0n) is 9.22. The van der Waals surface area contributed by atoms with Crippen LogP contribution in [0.3, 0.4) is 0 Å². The van der Waals surface area contributed by atoms with E-state index in [1.807, 2.05) is 11.3 Å². The highest BCUT2D eigenvalue weighted by Crippen LogP contribution is 2.38. The number of thiophene rings is 1. The fourth-order valence-corrected chi connectivity index (χ4v) is 3.37. The van der Waals surface area contributed by atoms with Crippen molar-refractivity contribution in [3.63, 3.8) is 0 Å². The summed E-state index contributed by atoms with van der Waals surface area (Å²) in [5.74, 6) is 0. The van der Waals surface area contributed by atoms with Gasteiger partial charge in [0.1, 0.15) is 0 Å². The molecule has 0 saturated carbocycles. The quantitative estimate of drug-likeness (QED) is 0.592. The van der Waals surface area contributed by atoms with E-state index in [0.29, 0.717) is 0 Å². The monoisotopic (exact) mass is 204 g/mol. The van der Waals surface area contributed by atoms with Crippen LogP contribution in [0.25, 0.3) is 10.1 Å². The highest BCUT2D eigenvalue weighted by Gasteiger charge is 2.20. The fraction of sp³-hybridized carbons (Fsp3) is 0.385. The highest BCUT2D eigenvalue weighted by atomic mass is 32.1. The minimum atomic E-state index is 0.254. The molecular formula is C13H16S. The van der Waals surface area contributed by atoms with Crippen molar-refractivity contribution in [3.8, 4) is 0 Å². The molecule has 0 N–H and O–H groups in total. The number of benzene rings is 1. The first-order chi connectivity index (χ1) is 6.50. The largest absolute Gasteiger partial charge is 0.140 e. The van der Waals surface area contributed by atoms with Crippen LogP contribution in [-0.4, -0.2) is 0 Å². The van der Waals surface area contributed by atoms with Crippen molar-refractivity contribution in [3.05, 3.63) is 34.7 Å². The van der Waals surface area contributed by atoms with E-state index in [9.17, 15) is 0 Å². The van der Waals surface area contributed by atoms with Crippen LogP contribution < -0.4 is 0 Å². The third-order valence-electron chi connectivity index (χ3n) is 2.52. The van der Waals surface area contributed by atoms with Gasteiger partial charge < -0.3 is 0 Å². The van der Waals surface area contributed by atoms with Crippen LogP contribution in [0.1, 0.15) is 31.2 Å². The number of hydrogen-bond acceptors (Lipinski definition) is 1. The Morgan fingerprint density at radius 3 is 2.36 bits per heavy atom. The molecule has 0 saturated heterocycles. The van der Waals surface area contributed by atoms with Crippen LogP contribution in [0, 0.1) is 6.92 Å². The van der Waals surface area contributed by atoms with E-state index in [1.165, 1.54) is 20.5 Å². The van der Waals surface area contributed by atoms with Gasteiger partial charge in [0.05, 0.1) is 0 Å². The Morgan fingerprint density at radius 2 is 1.71 bits per heavy atom. The van der Waals surface area contributed by atoms with E-state index in [2.05, 4.69) is 52.0 Å². The van der Waals surface area contributed by atoms with Gasteiger partial charge in [-0.1, -0.05) is 39.0 Å². The molecule has 0 aliphatic rings. The zero-order valence-corrected chi connectivity index (χ0v) is 10.0. The molecule has 1 aromatic heterocycles. The van der Waals surface area contributed by atoms with E-state index in [4.69, 9.17) is 0 Å². The van der Waals surface area contributed by atoms with Crippen molar-refractivity contribution < 1.29 is 0 Å². The summed E-state index contributed by atoms with van der Waals surface area (Å²) in [4.78, 5) is 1.46. The lowest BCUT2D eigenvalue weighted by atomic mass is 9.85. The average Bonchev–Trinajstić information content (AvgIpc) is 2.38. The molecule has 2 rings (SSSR count). The average molecular weight is 204 g/mol. The second-order valence-electron chi connectivity index (χ2n) is 4.78. The zero-order chi connectivity index (χ0) is 10.3. The summed E-state index contributed by atoms with van der Waals surface area (Å²) < 4.78 is 1.41. The lowest BCUT2D eigenvalue weighted by Crippen LogP contribution is -2.11. The van der Waals surface area contributed by atoms with Gasteiger partial charge >= 0.3 is 0 Å². The lowest BCUT2D eigenvalue weighted by molar-refractivity contribution is 0.594. The fourth-order valence-electron chi connectivity index (χ4n) is 2.10. The Balaban J connectivity index is 2.81. The second kappa shape index (κ2) is 3.09. The van der Waals surface area contributed by atoms with Gasteiger partial charge in [0.15, 0.2) is 0 Å². The highest BCUT2D eigenvalue weighted by molar-refractivity contribution is 7.19. The van der Waals surface area contributed by atoms with Gasteiger partial charge in [0.2, 0.25) is 0 Å². The van der Waals surface area contributed by atoms with Crippen molar-refractivity contribution in [2.75, 3.05) is 0 Å². The van der Waals surface area contributed by atoms with Crippen LogP contribution in [0.2, 0.25) is 0 Å². The smallest absolute Gasteiger partial charge is 0.0348 e. The van der Waals surface area contributed by atoms with Crippen molar-refractivity contribution in [1.29, 1.82) is 0 Å². The van der Waals surface area contributed by atoms with E-state index in [-0.39, 0.29) is 5.41 Å². The first-order valence-electron chi connectivity index (χ1n) is 4.99. The standard InChI is InChI=1S/C13H16S/c1-9-12(13(2,3)4)10-7-5-6-8-11(10)14-9/h5-8H,1-4H3. The van der Waals surface area contributed by atoms with Crippen LogP contribution in [0.15, 0.2) is 24.3 Å². The summed E-state index contributed by atoms with van der Waals surface area (Å²) >= 11 is 1.91. The Bertz CT molecular complexity index is 458. The Kier molecular flexibility index (Phi) is 2.15. The molecule has 0 spiro atoms. The number of rotatable bonds is 0. The maximum Gasteiger partial charge on any atom is 0.0348 e. The van der Waals surface area contributed by atoms with Gasteiger partial charge in [-0.15, -0.1) is 11.3 Å². The summed E-state index contributed by atoms with van der Waals surface area (Å²) in [6.45, 7) is 9.09. The lowest BCUT2D eigenvalue weighted by Gasteiger charge is -2.19. The molecular weight excluding hydrogens is 188 g/mol. The van der Waals surface area contributed by atoms with E-state index in [0.717, 1.165) is 0 Å². The van der Waals surface area contributed by atoms with Gasteiger partial charge in [0, 0.05) is 9.58 Å². The maximum atomic E-state index is 2.29. The van der Waals surface area contributed by atoms with Crippen LogP contribution in [-0.2, 0) is 5.41 Å². The molecule has 0 amide bonds. The third-order valence-corrected chi connectivity index (χ3v) is 3.61. The molecule has 0 aliphatic carbocycles. The number of aryl methyl sites for hydroxylation is 1. The molecule has 1 heterocycles. The van der Waals surface area contributed by atoms with Gasteiger partial charge in [-0.2, -0.15) is 0 Å². The predicted molar refractivity (Wildman–Crippen MR) is 65.3 cm³/mol. The molecule has 0 atom stereocenters. The molecule has 0 aliphatic heterocycles. The van der Waals surface area contributed by atoms with Gasteiger partial charge in [-0.05, 0) is 29.4 Å². The first-order valence-corrected chi connectivity index (χ1v) is 5.80. The van der Waals surface area contributed by atoms with Crippen molar-refractivity contribution >= 4 is 21.4 Å². The number of hydrogen-bond donors (Lipinski definition) is 0. The van der Waals surface area contributed by atoms with Crippen molar-refractivity contribution in [2.45, 2.75) is 33.1 Å². The summed E-state index contributed by atoms with van der Waals surface area (Å²) in [5, 5.41) is 1.43. The van der Waals surface area contributed by atoms with Crippen LogP contribution in [0.4, 0.5) is 0 Å². The minimum Gasteiger partial charge on any atom is -0.140 e. The van der Waals surface area contributed by atoms with E-state index >= 15 is 0 Å². The van der Waals surface area contributed by atoms with Gasteiger partial charge in [-0.3, -0.25) is 0 Å². The van der Waals surface area contributed by atoms with Gasteiger partial charge in [0.25, 0.3) is 0 Å². The summed E-state index contributed by atoms with van der Waals surface area (Å²) in [6, 6.07) is 8.69. The number of fused-ring (bicyclic) bond motifs is 1. The molecule has 0 radical (unpaired) electrons. The Labute approximate surface area is 89.6 Å². The van der Waals surface area contributed by atoms with Crippen molar-refractivity contribution in [2.24, 2.45) is 0 Å². The SMILES string of the molecule is Cc1sc2ccccc2c1C(C)(C)C. The molecule has 14 heavy (non-hydrogen) atoms.